The van der Waals surface area contributed by atoms with E-state index in [4.69, 9.17) is 0 Å². The summed E-state index contributed by atoms with van der Waals surface area (Å²) in [5.74, 6) is 0. The predicted octanol–water partition coefficient (Wildman–Crippen LogP) is 5.60. The Morgan fingerprint density at radius 2 is 1.69 bits per heavy atom. The number of urea groups is 1. The van der Waals surface area contributed by atoms with Gasteiger partial charge >= 0.3 is 6.03 Å². The third-order valence-corrected chi connectivity index (χ3v) is 5.97. The lowest BCUT2D eigenvalue weighted by atomic mass is 10.0. The molecule has 2 aromatic carbocycles. The Kier molecular flexibility index (Phi) is 7.70. The van der Waals surface area contributed by atoms with Crippen LogP contribution < -0.4 is 5.32 Å². The average molecular weight is 394 g/mol. The van der Waals surface area contributed by atoms with Gasteiger partial charge in [0, 0.05) is 37.9 Å². The number of piperidine rings is 1. The van der Waals surface area contributed by atoms with Gasteiger partial charge in [0.1, 0.15) is 0 Å². The van der Waals surface area contributed by atoms with Crippen molar-refractivity contribution in [2.24, 2.45) is 0 Å². The van der Waals surface area contributed by atoms with E-state index in [-0.39, 0.29) is 6.03 Å². The molecule has 0 saturated carbocycles. The molecule has 0 aromatic heterocycles. The molecule has 0 aliphatic carbocycles. The van der Waals surface area contributed by atoms with Crippen molar-refractivity contribution in [3.8, 4) is 0 Å². The highest BCUT2D eigenvalue weighted by molar-refractivity contribution is 5.91. The van der Waals surface area contributed by atoms with Crippen molar-refractivity contribution in [2.45, 2.75) is 59.0 Å². The number of rotatable bonds is 7. The van der Waals surface area contributed by atoms with Crippen molar-refractivity contribution >= 4 is 11.7 Å². The third-order valence-electron chi connectivity index (χ3n) is 5.97. The molecule has 1 saturated heterocycles. The van der Waals surface area contributed by atoms with Crippen LogP contribution in [-0.2, 0) is 6.54 Å². The Hall–Kier alpha value is -2.33. The van der Waals surface area contributed by atoms with Crippen LogP contribution >= 0.6 is 0 Å². The molecule has 1 aliphatic rings. The molecule has 0 bridgehead atoms. The summed E-state index contributed by atoms with van der Waals surface area (Å²) in [7, 11) is 0. The second-order valence-electron chi connectivity index (χ2n) is 8.24. The normalized spacial score (nSPS) is 15.3. The van der Waals surface area contributed by atoms with E-state index in [1.807, 2.05) is 6.07 Å². The molecule has 0 unspecified atom stereocenters. The van der Waals surface area contributed by atoms with E-state index in [0.29, 0.717) is 6.04 Å². The zero-order chi connectivity index (χ0) is 20.6. The van der Waals surface area contributed by atoms with Crippen LogP contribution in [0.2, 0.25) is 0 Å². The van der Waals surface area contributed by atoms with E-state index in [2.05, 4.69) is 78.4 Å². The largest absolute Gasteiger partial charge is 0.322 e. The molecule has 3 rings (SSSR count). The van der Waals surface area contributed by atoms with Crippen LogP contribution in [0, 0.1) is 13.8 Å². The fourth-order valence-electron chi connectivity index (χ4n) is 4.20. The van der Waals surface area contributed by atoms with E-state index in [0.717, 1.165) is 68.7 Å². The molecule has 4 heteroatoms. The van der Waals surface area contributed by atoms with Gasteiger partial charge in [-0.05, 0) is 49.8 Å². The molecule has 0 spiro atoms. The van der Waals surface area contributed by atoms with E-state index < -0.39 is 0 Å². The van der Waals surface area contributed by atoms with E-state index in [9.17, 15) is 4.79 Å². The topological polar surface area (TPSA) is 35.6 Å². The zero-order valence-corrected chi connectivity index (χ0v) is 18.2. The molecule has 2 aromatic rings. The number of likely N-dealkylation sites (tertiary alicyclic amines) is 1. The maximum Gasteiger partial charge on any atom is 0.322 e. The van der Waals surface area contributed by atoms with Gasteiger partial charge in [0.05, 0.1) is 0 Å². The van der Waals surface area contributed by atoms with Gasteiger partial charge < -0.3 is 10.2 Å². The highest BCUT2D eigenvalue weighted by Gasteiger charge is 2.28. The first-order chi connectivity index (χ1) is 14.1. The first-order valence-corrected chi connectivity index (χ1v) is 11.0. The number of hydrogen-bond acceptors (Lipinski definition) is 2. The third kappa shape index (κ3) is 5.83. The number of para-hydroxylation sites is 1. The van der Waals surface area contributed by atoms with Crippen LogP contribution in [0.1, 0.15) is 49.3 Å². The predicted molar refractivity (Wildman–Crippen MR) is 121 cm³/mol. The number of carbonyl (C=O) groups is 1. The number of amides is 2. The number of nitrogens with one attached hydrogen (secondary N) is 1. The quantitative estimate of drug-likeness (QED) is 0.664. The summed E-state index contributed by atoms with van der Waals surface area (Å²) in [6.45, 7) is 10.2. The number of anilines is 1. The number of carbonyl (C=O) groups excluding carboxylic acids is 1. The minimum absolute atomic E-state index is 0.0531. The van der Waals surface area contributed by atoms with Gasteiger partial charge in [-0.3, -0.25) is 4.90 Å². The van der Waals surface area contributed by atoms with Crippen molar-refractivity contribution in [2.75, 3.05) is 25.0 Å². The second kappa shape index (κ2) is 10.4. The molecule has 1 heterocycles. The minimum atomic E-state index is 0.0531. The van der Waals surface area contributed by atoms with Crippen LogP contribution in [0.5, 0.6) is 0 Å². The van der Waals surface area contributed by atoms with Gasteiger partial charge in [-0.15, -0.1) is 0 Å². The number of hydrogen-bond donors (Lipinski definition) is 1. The summed E-state index contributed by atoms with van der Waals surface area (Å²) < 4.78 is 0. The molecule has 1 aliphatic heterocycles. The molecule has 1 N–H and O–H groups in total. The van der Waals surface area contributed by atoms with E-state index in [1.165, 1.54) is 5.56 Å². The first-order valence-electron chi connectivity index (χ1n) is 11.0. The van der Waals surface area contributed by atoms with Gasteiger partial charge in [-0.2, -0.15) is 0 Å². The Balaban J connectivity index is 1.62. The average Bonchev–Trinajstić information content (AvgIpc) is 2.73. The smallest absolute Gasteiger partial charge is 0.321 e. The van der Waals surface area contributed by atoms with Gasteiger partial charge in [0.15, 0.2) is 0 Å². The fraction of sp³-hybridized carbons (Fsp3) is 0.480. The minimum Gasteiger partial charge on any atom is -0.321 e. The van der Waals surface area contributed by atoms with Crippen LogP contribution in [-0.4, -0.2) is 41.5 Å². The van der Waals surface area contributed by atoms with Crippen molar-refractivity contribution in [1.29, 1.82) is 0 Å². The molecule has 2 amide bonds. The molecule has 4 nitrogen and oxygen atoms in total. The summed E-state index contributed by atoms with van der Waals surface area (Å²) in [5.41, 5.74) is 4.56. The number of unbranched alkanes of at least 4 members (excludes halogenated alkanes) is 1. The Morgan fingerprint density at radius 1 is 1.03 bits per heavy atom. The molecule has 29 heavy (non-hydrogen) atoms. The zero-order valence-electron chi connectivity index (χ0n) is 18.2. The van der Waals surface area contributed by atoms with Crippen LogP contribution in [0.4, 0.5) is 10.5 Å². The molecule has 156 valence electrons. The summed E-state index contributed by atoms with van der Waals surface area (Å²) in [5, 5.41) is 3.21. The van der Waals surface area contributed by atoms with Crippen molar-refractivity contribution < 1.29 is 4.79 Å². The van der Waals surface area contributed by atoms with Crippen molar-refractivity contribution in [3.63, 3.8) is 0 Å². The van der Waals surface area contributed by atoms with Gasteiger partial charge in [-0.1, -0.05) is 61.9 Å². The Bertz CT molecular complexity index is 762. The lowest BCUT2D eigenvalue weighted by Gasteiger charge is -2.38. The van der Waals surface area contributed by atoms with Crippen LogP contribution in [0.3, 0.4) is 0 Å². The molecular weight excluding hydrogens is 358 g/mol. The number of benzene rings is 2. The summed E-state index contributed by atoms with van der Waals surface area (Å²) in [6, 6.07) is 17.2. The monoisotopic (exact) mass is 393 g/mol. The second-order valence-corrected chi connectivity index (χ2v) is 8.24. The summed E-state index contributed by atoms with van der Waals surface area (Å²) >= 11 is 0. The molecule has 0 radical (unpaired) electrons. The summed E-state index contributed by atoms with van der Waals surface area (Å²) in [4.78, 5) is 17.8. The van der Waals surface area contributed by atoms with Crippen LogP contribution in [0.25, 0.3) is 0 Å². The maximum absolute atomic E-state index is 13.2. The van der Waals surface area contributed by atoms with Crippen molar-refractivity contribution in [3.05, 3.63) is 65.2 Å². The number of aryl methyl sites for hydroxylation is 2. The standard InChI is InChI=1S/C25H35N3O/c1-4-5-16-28(25(29)26-24-20(2)10-9-11-21(24)3)23-14-17-27(18-15-23)19-22-12-7-6-8-13-22/h6-13,23H,4-5,14-19H2,1-3H3,(H,26,29). The van der Waals surface area contributed by atoms with Crippen LogP contribution in [0.15, 0.2) is 48.5 Å². The maximum atomic E-state index is 13.2. The van der Waals surface area contributed by atoms with Gasteiger partial charge in [0.2, 0.25) is 0 Å². The Morgan fingerprint density at radius 3 is 2.31 bits per heavy atom. The van der Waals surface area contributed by atoms with Crippen molar-refractivity contribution in [1.82, 2.24) is 9.80 Å². The fourth-order valence-corrected chi connectivity index (χ4v) is 4.20. The van der Waals surface area contributed by atoms with E-state index >= 15 is 0 Å². The highest BCUT2D eigenvalue weighted by atomic mass is 16.2. The summed E-state index contributed by atoms with van der Waals surface area (Å²) in [6.07, 6.45) is 4.22. The highest BCUT2D eigenvalue weighted by Crippen LogP contribution is 2.23. The first kappa shape index (κ1) is 21.4. The van der Waals surface area contributed by atoms with Gasteiger partial charge in [-0.25, -0.2) is 4.79 Å². The SMILES string of the molecule is CCCCN(C(=O)Nc1c(C)cccc1C)C1CCN(Cc2ccccc2)CC1. The van der Waals surface area contributed by atoms with Gasteiger partial charge in [0.25, 0.3) is 0 Å². The Labute approximate surface area is 175 Å². The lowest BCUT2D eigenvalue weighted by Crippen LogP contribution is -2.49. The number of nitrogens with zero attached hydrogens (tertiary/aromatic N) is 2. The molecular formula is C25H35N3O. The van der Waals surface area contributed by atoms with E-state index in [1.54, 1.807) is 0 Å². The molecule has 0 atom stereocenters. The molecule has 1 fully saturated rings. The lowest BCUT2D eigenvalue weighted by molar-refractivity contribution is 0.122.